The smallest absolute Gasteiger partial charge is 0.279 e. The van der Waals surface area contributed by atoms with Gasteiger partial charge in [0.05, 0.1) is 15.1 Å². The Morgan fingerprint density at radius 3 is 2.59 bits per heavy atom. The summed E-state index contributed by atoms with van der Waals surface area (Å²) in [5.41, 5.74) is 3.71. The van der Waals surface area contributed by atoms with Gasteiger partial charge >= 0.3 is 0 Å². The van der Waals surface area contributed by atoms with Gasteiger partial charge in [-0.2, -0.15) is 16.8 Å². The molecule has 140 valence electrons. The number of hydrogen-bond donors (Lipinski definition) is 0. The zero-order chi connectivity index (χ0) is 19.6. The standard InChI is InChI=1S/C19H19N3O3S2/c1-12-10-13(2)17-16(11-12)21(8-9-26-3)19(27-17)20-18(23)14-4-6-15(7-5-14)22(24)25/h4-7,10-11H,8-9H2,1-3H3. The second-order valence-electron chi connectivity index (χ2n) is 6.18. The van der Waals surface area contributed by atoms with Gasteiger partial charge in [0.15, 0.2) is 4.80 Å². The third-order valence-electron chi connectivity index (χ3n) is 4.16. The van der Waals surface area contributed by atoms with E-state index in [1.165, 1.54) is 41.2 Å². The largest absolute Gasteiger partial charge is 0.315 e. The monoisotopic (exact) mass is 401 g/mol. The maximum atomic E-state index is 12.6. The van der Waals surface area contributed by atoms with E-state index in [0.29, 0.717) is 10.4 Å². The number of amides is 1. The molecule has 1 amide bonds. The highest BCUT2D eigenvalue weighted by molar-refractivity contribution is 7.98. The minimum absolute atomic E-state index is 0.0467. The molecule has 3 rings (SSSR count). The third-order valence-corrected chi connectivity index (χ3v) is 5.98. The van der Waals surface area contributed by atoms with Crippen LogP contribution in [0.4, 0.5) is 5.69 Å². The molecule has 0 N–H and O–H groups in total. The number of benzene rings is 2. The van der Waals surface area contributed by atoms with Gasteiger partial charge in [-0.15, -0.1) is 0 Å². The molecule has 0 fully saturated rings. The average molecular weight is 402 g/mol. The molecular weight excluding hydrogens is 382 g/mol. The topological polar surface area (TPSA) is 77.5 Å². The number of rotatable bonds is 5. The lowest BCUT2D eigenvalue weighted by Gasteiger charge is -2.05. The Bertz CT molecular complexity index is 1080. The summed E-state index contributed by atoms with van der Waals surface area (Å²) in [4.78, 5) is 27.9. The molecule has 0 saturated heterocycles. The van der Waals surface area contributed by atoms with Crippen molar-refractivity contribution >= 4 is 44.9 Å². The van der Waals surface area contributed by atoms with Crippen molar-refractivity contribution in [3.63, 3.8) is 0 Å². The minimum Gasteiger partial charge on any atom is -0.315 e. The molecule has 0 aliphatic heterocycles. The van der Waals surface area contributed by atoms with Crippen molar-refractivity contribution in [2.45, 2.75) is 20.4 Å². The molecule has 0 radical (unpaired) electrons. The number of nitrogens with zero attached hydrogens (tertiary/aromatic N) is 3. The van der Waals surface area contributed by atoms with Gasteiger partial charge in [-0.3, -0.25) is 14.9 Å². The molecule has 0 unspecified atom stereocenters. The molecule has 2 aromatic carbocycles. The van der Waals surface area contributed by atoms with Crippen molar-refractivity contribution in [3.05, 3.63) is 68.0 Å². The fraction of sp³-hybridized carbons (Fsp3) is 0.263. The maximum absolute atomic E-state index is 12.6. The van der Waals surface area contributed by atoms with Crippen LogP contribution in [0.25, 0.3) is 10.2 Å². The van der Waals surface area contributed by atoms with Crippen LogP contribution in [0.2, 0.25) is 0 Å². The number of fused-ring (bicyclic) bond motifs is 1. The SMILES string of the molecule is CSCCn1c(=NC(=O)c2ccc([N+](=O)[O-])cc2)sc2c(C)cc(C)cc21. The van der Waals surface area contributed by atoms with Crippen LogP contribution in [-0.4, -0.2) is 27.4 Å². The first-order chi connectivity index (χ1) is 12.9. The number of aromatic nitrogens is 1. The second kappa shape index (κ2) is 8.06. The Labute approximate surface area is 164 Å². The van der Waals surface area contributed by atoms with Crippen molar-refractivity contribution in [1.29, 1.82) is 0 Å². The van der Waals surface area contributed by atoms with Crippen LogP contribution in [-0.2, 0) is 6.54 Å². The summed E-state index contributed by atoms with van der Waals surface area (Å²) in [5, 5.41) is 10.8. The quantitative estimate of drug-likeness (QED) is 0.471. The van der Waals surface area contributed by atoms with E-state index in [1.54, 1.807) is 11.8 Å². The summed E-state index contributed by atoms with van der Waals surface area (Å²) < 4.78 is 3.21. The van der Waals surface area contributed by atoms with Crippen molar-refractivity contribution in [1.82, 2.24) is 4.57 Å². The lowest BCUT2D eigenvalue weighted by molar-refractivity contribution is -0.384. The number of thiazole rings is 1. The van der Waals surface area contributed by atoms with E-state index in [-0.39, 0.29) is 5.69 Å². The van der Waals surface area contributed by atoms with Crippen LogP contribution in [0.15, 0.2) is 41.4 Å². The van der Waals surface area contributed by atoms with Crippen LogP contribution >= 0.6 is 23.1 Å². The Morgan fingerprint density at radius 2 is 1.96 bits per heavy atom. The van der Waals surface area contributed by atoms with Gasteiger partial charge < -0.3 is 4.57 Å². The zero-order valence-electron chi connectivity index (χ0n) is 15.3. The molecular formula is C19H19N3O3S2. The van der Waals surface area contributed by atoms with E-state index in [9.17, 15) is 14.9 Å². The number of carbonyl (C=O) groups excluding carboxylic acids is 1. The summed E-state index contributed by atoms with van der Waals surface area (Å²) in [7, 11) is 0. The molecule has 1 aromatic heterocycles. The van der Waals surface area contributed by atoms with Gasteiger partial charge in [-0.05, 0) is 49.4 Å². The Morgan fingerprint density at radius 1 is 1.26 bits per heavy atom. The average Bonchev–Trinajstić information content (AvgIpc) is 2.97. The van der Waals surface area contributed by atoms with Crippen LogP contribution in [0.3, 0.4) is 0 Å². The summed E-state index contributed by atoms with van der Waals surface area (Å²) in [5.74, 6) is 0.515. The van der Waals surface area contributed by atoms with Gasteiger partial charge in [-0.25, -0.2) is 0 Å². The summed E-state index contributed by atoms with van der Waals surface area (Å²) >= 11 is 3.24. The molecule has 8 heteroatoms. The molecule has 0 aliphatic rings. The highest BCUT2D eigenvalue weighted by Gasteiger charge is 2.12. The second-order valence-corrected chi connectivity index (χ2v) is 8.14. The van der Waals surface area contributed by atoms with Crippen LogP contribution in [0.5, 0.6) is 0 Å². The number of nitro benzene ring substituents is 1. The van der Waals surface area contributed by atoms with Crippen molar-refractivity contribution in [2.24, 2.45) is 4.99 Å². The van der Waals surface area contributed by atoms with Crippen LogP contribution in [0, 0.1) is 24.0 Å². The summed E-state index contributed by atoms with van der Waals surface area (Å²) in [6.45, 7) is 4.88. The number of thioether (sulfide) groups is 1. The lowest BCUT2D eigenvalue weighted by atomic mass is 10.1. The van der Waals surface area contributed by atoms with Gasteiger partial charge in [0, 0.05) is 30.0 Å². The number of nitro groups is 1. The summed E-state index contributed by atoms with van der Waals surface area (Å²) in [6, 6.07) is 9.78. The Balaban J connectivity index is 2.09. The molecule has 0 atom stereocenters. The molecule has 0 saturated carbocycles. The van der Waals surface area contributed by atoms with Gasteiger partial charge in [0.25, 0.3) is 11.6 Å². The van der Waals surface area contributed by atoms with E-state index < -0.39 is 10.8 Å². The number of non-ortho nitro benzene ring substituents is 1. The van der Waals surface area contributed by atoms with E-state index in [1.807, 2.05) is 6.26 Å². The predicted molar refractivity (Wildman–Crippen MR) is 111 cm³/mol. The fourth-order valence-corrected chi connectivity index (χ4v) is 4.34. The van der Waals surface area contributed by atoms with E-state index in [4.69, 9.17) is 0 Å². The lowest BCUT2D eigenvalue weighted by Crippen LogP contribution is -2.18. The molecule has 0 spiro atoms. The van der Waals surface area contributed by atoms with Crippen molar-refractivity contribution in [2.75, 3.05) is 12.0 Å². The molecule has 27 heavy (non-hydrogen) atoms. The molecule has 6 nitrogen and oxygen atoms in total. The first kappa shape index (κ1) is 19.3. The minimum atomic E-state index is -0.487. The van der Waals surface area contributed by atoms with Gasteiger partial charge in [-0.1, -0.05) is 17.4 Å². The Hall–Kier alpha value is -2.45. The van der Waals surface area contributed by atoms with Crippen LogP contribution < -0.4 is 4.80 Å². The highest BCUT2D eigenvalue weighted by atomic mass is 32.2. The molecule has 0 aliphatic carbocycles. The highest BCUT2D eigenvalue weighted by Crippen LogP contribution is 2.24. The van der Waals surface area contributed by atoms with Gasteiger partial charge in [0.2, 0.25) is 0 Å². The fourth-order valence-electron chi connectivity index (χ4n) is 2.87. The van der Waals surface area contributed by atoms with Crippen molar-refractivity contribution < 1.29 is 9.72 Å². The van der Waals surface area contributed by atoms with E-state index in [2.05, 4.69) is 35.5 Å². The normalized spacial score (nSPS) is 11.9. The third kappa shape index (κ3) is 4.12. The van der Waals surface area contributed by atoms with Gasteiger partial charge in [0.1, 0.15) is 0 Å². The van der Waals surface area contributed by atoms with Crippen molar-refractivity contribution in [3.8, 4) is 0 Å². The Kier molecular flexibility index (Phi) is 5.76. The number of hydrogen-bond acceptors (Lipinski definition) is 5. The molecule has 0 bridgehead atoms. The maximum Gasteiger partial charge on any atom is 0.279 e. The predicted octanol–water partition coefficient (Wildman–Crippen LogP) is 4.33. The zero-order valence-corrected chi connectivity index (χ0v) is 16.9. The molecule has 1 heterocycles. The first-order valence-corrected chi connectivity index (χ1v) is 10.5. The number of aryl methyl sites for hydroxylation is 3. The van der Waals surface area contributed by atoms with E-state index >= 15 is 0 Å². The van der Waals surface area contributed by atoms with Crippen LogP contribution in [0.1, 0.15) is 21.5 Å². The van der Waals surface area contributed by atoms with E-state index in [0.717, 1.165) is 28.1 Å². The number of carbonyl (C=O) groups is 1. The summed E-state index contributed by atoms with van der Waals surface area (Å²) in [6.07, 6.45) is 2.05. The molecule has 3 aromatic rings. The first-order valence-electron chi connectivity index (χ1n) is 8.33.